The van der Waals surface area contributed by atoms with Crippen molar-refractivity contribution in [3.05, 3.63) is 62.7 Å². The number of aliphatic hydroxyl groups excluding tert-OH is 2. The Morgan fingerprint density at radius 2 is 1.77 bits per heavy atom. The van der Waals surface area contributed by atoms with E-state index in [-0.39, 0.29) is 35.2 Å². The molecular formula is C18H16ClF3N2O6. The van der Waals surface area contributed by atoms with Gasteiger partial charge in [-0.05, 0) is 24.3 Å². The number of alkyl halides is 3. The monoisotopic (exact) mass is 448 g/mol. The Morgan fingerprint density at radius 3 is 2.27 bits per heavy atom. The molecule has 0 aliphatic carbocycles. The van der Waals surface area contributed by atoms with E-state index in [4.69, 9.17) is 26.6 Å². The third-order valence-corrected chi connectivity index (χ3v) is 4.20. The van der Waals surface area contributed by atoms with Gasteiger partial charge in [0.1, 0.15) is 17.1 Å². The van der Waals surface area contributed by atoms with E-state index < -0.39 is 41.5 Å². The number of hydrogen-bond acceptors (Lipinski definition) is 6. The topological polar surface area (TPSA) is 113 Å². The molecule has 12 heteroatoms. The molecule has 0 spiro atoms. The minimum Gasteiger partial charge on any atom is -0.456 e. The second kappa shape index (κ2) is 9.74. The lowest BCUT2D eigenvalue weighted by atomic mass is 10.1. The Labute approximate surface area is 173 Å². The molecule has 2 aromatic carbocycles. The number of benzene rings is 2. The van der Waals surface area contributed by atoms with Crippen molar-refractivity contribution in [1.82, 2.24) is 4.90 Å². The Balaban J connectivity index is 2.40. The highest BCUT2D eigenvalue weighted by molar-refractivity contribution is 6.32. The van der Waals surface area contributed by atoms with Gasteiger partial charge in [-0.25, -0.2) is 0 Å². The van der Waals surface area contributed by atoms with E-state index >= 15 is 0 Å². The minimum atomic E-state index is -4.60. The predicted octanol–water partition coefficient (Wildman–Crippen LogP) is 3.49. The summed E-state index contributed by atoms with van der Waals surface area (Å²) in [5.74, 6) is -1.08. The molecule has 0 saturated heterocycles. The molecular weight excluding hydrogens is 433 g/mol. The number of aliphatic hydroxyl groups is 2. The largest absolute Gasteiger partial charge is 0.456 e. The van der Waals surface area contributed by atoms with Crippen LogP contribution in [0.15, 0.2) is 36.4 Å². The third kappa shape index (κ3) is 5.59. The van der Waals surface area contributed by atoms with E-state index in [0.29, 0.717) is 6.07 Å². The van der Waals surface area contributed by atoms with Crippen LogP contribution in [-0.2, 0) is 6.18 Å². The number of amides is 1. The summed E-state index contributed by atoms with van der Waals surface area (Å²) in [5.41, 5.74) is -1.92. The van der Waals surface area contributed by atoms with Crippen molar-refractivity contribution in [2.45, 2.75) is 6.18 Å². The van der Waals surface area contributed by atoms with Gasteiger partial charge in [0.2, 0.25) is 0 Å². The van der Waals surface area contributed by atoms with Crippen molar-refractivity contribution in [2.24, 2.45) is 0 Å². The summed E-state index contributed by atoms with van der Waals surface area (Å²) in [4.78, 5) is 24.2. The van der Waals surface area contributed by atoms with Crippen LogP contribution in [0.4, 0.5) is 18.9 Å². The quantitative estimate of drug-likeness (QED) is 0.472. The summed E-state index contributed by atoms with van der Waals surface area (Å²) in [6, 6.07) is 5.59. The van der Waals surface area contributed by atoms with Gasteiger partial charge in [0, 0.05) is 25.2 Å². The van der Waals surface area contributed by atoms with Crippen LogP contribution < -0.4 is 4.74 Å². The average Bonchev–Trinajstić information content (AvgIpc) is 2.67. The highest BCUT2D eigenvalue weighted by Gasteiger charge is 2.31. The fourth-order valence-corrected chi connectivity index (χ4v) is 2.74. The SMILES string of the molecule is O=C(c1cc(Oc2ccc(C(F)(F)F)cc2Cl)ccc1[N+](=O)[O-])N(CCO)CCO. The van der Waals surface area contributed by atoms with Gasteiger partial charge in [-0.1, -0.05) is 11.6 Å². The van der Waals surface area contributed by atoms with Gasteiger partial charge in [0.05, 0.1) is 28.7 Å². The highest BCUT2D eigenvalue weighted by Crippen LogP contribution is 2.37. The third-order valence-electron chi connectivity index (χ3n) is 3.91. The Kier molecular flexibility index (Phi) is 7.59. The summed E-state index contributed by atoms with van der Waals surface area (Å²) in [5, 5.41) is 29.1. The average molecular weight is 449 g/mol. The molecule has 0 unspecified atom stereocenters. The predicted molar refractivity (Wildman–Crippen MR) is 99.7 cm³/mol. The summed E-state index contributed by atoms with van der Waals surface area (Å²) < 4.78 is 43.7. The molecule has 162 valence electrons. The fourth-order valence-electron chi connectivity index (χ4n) is 2.52. The van der Waals surface area contributed by atoms with E-state index in [2.05, 4.69) is 0 Å². The molecule has 2 N–H and O–H groups in total. The maximum atomic E-state index is 12.7. The molecule has 2 aromatic rings. The number of ether oxygens (including phenoxy) is 1. The minimum absolute atomic E-state index is 0.0847. The van der Waals surface area contributed by atoms with E-state index in [9.17, 15) is 28.1 Å². The van der Waals surface area contributed by atoms with E-state index in [1.165, 1.54) is 0 Å². The number of nitro benzene ring substituents is 1. The molecule has 0 saturated carbocycles. The van der Waals surface area contributed by atoms with Crippen molar-refractivity contribution in [3.63, 3.8) is 0 Å². The summed E-state index contributed by atoms with van der Waals surface area (Å²) in [6.07, 6.45) is -4.60. The molecule has 0 heterocycles. The molecule has 30 heavy (non-hydrogen) atoms. The van der Waals surface area contributed by atoms with Crippen LogP contribution in [0.25, 0.3) is 0 Å². The standard InChI is InChI=1S/C18H16ClF3N2O6/c19-14-9-11(18(20,21)22)1-4-16(14)30-12-2-3-15(24(28)29)13(10-12)17(27)23(5-7-25)6-8-26/h1-4,9-10,25-26H,5-8H2. The molecule has 2 rings (SSSR count). The van der Waals surface area contributed by atoms with Crippen molar-refractivity contribution in [2.75, 3.05) is 26.3 Å². The molecule has 0 atom stereocenters. The number of rotatable bonds is 8. The number of carbonyl (C=O) groups is 1. The van der Waals surface area contributed by atoms with Crippen LogP contribution >= 0.6 is 11.6 Å². The van der Waals surface area contributed by atoms with Crippen LogP contribution in [0.1, 0.15) is 15.9 Å². The zero-order valence-corrected chi connectivity index (χ0v) is 16.0. The first-order chi connectivity index (χ1) is 14.1. The van der Waals surface area contributed by atoms with Crippen LogP contribution in [0.2, 0.25) is 5.02 Å². The normalized spacial score (nSPS) is 11.3. The van der Waals surface area contributed by atoms with Gasteiger partial charge in [0.25, 0.3) is 11.6 Å². The van der Waals surface area contributed by atoms with Gasteiger partial charge in [-0.15, -0.1) is 0 Å². The Morgan fingerprint density at radius 1 is 1.13 bits per heavy atom. The molecule has 0 radical (unpaired) electrons. The summed E-state index contributed by atoms with van der Waals surface area (Å²) >= 11 is 5.84. The second-order valence-corrected chi connectivity index (χ2v) is 6.33. The number of nitrogens with zero attached hydrogens (tertiary/aromatic N) is 2. The van der Waals surface area contributed by atoms with Gasteiger partial charge in [0.15, 0.2) is 0 Å². The number of halogens is 4. The molecule has 8 nitrogen and oxygen atoms in total. The van der Waals surface area contributed by atoms with Crippen molar-refractivity contribution < 1.29 is 37.8 Å². The first-order valence-corrected chi connectivity index (χ1v) is 8.80. The van der Waals surface area contributed by atoms with Crippen LogP contribution in [0.3, 0.4) is 0 Å². The number of hydrogen-bond donors (Lipinski definition) is 2. The van der Waals surface area contributed by atoms with Gasteiger partial charge < -0.3 is 19.8 Å². The van der Waals surface area contributed by atoms with E-state index in [1.54, 1.807) is 0 Å². The van der Waals surface area contributed by atoms with Crippen molar-refractivity contribution in [1.29, 1.82) is 0 Å². The van der Waals surface area contributed by atoms with E-state index in [1.807, 2.05) is 0 Å². The van der Waals surface area contributed by atoms with Crippen LogP contribution in [0, 0.1) is 10.1 Å². The Hall–Kier alpha value is -2.89. The first-order valence-electron chi connectivity index (χ1n) is 8.42. The lowest BCUT2D eigenvalue weighted by Gasteiger charge is -2.21. The maximum absolute atomic E-state index is 12.7. The summed E-state index contributed by atoms with van der Waals surface area (Å²) in [7, 11) is 0. The number of nitro groups is 1. The smallest absolute Gasteiger partial charge is 0.416 e. The zero-order valence-electron chi connectivity index (χ0n) is 15.2. The molecule has 0 bridgehead atoms. The number of carbonyl (C=O) groups excluding carboxylic acids is 1. The molecule has 1 amide bonds. The fraction of sp³-hybridized carbons (Fsp3) is 0.278. The second-order valence-electron chi connectivity index (χ2n) is 5.92. The van der Waals surface area contributed by atoms with Crippen molar-refractivity contribution >= 4 is 23.2 Å². The lowest BCUT2D eigenvalue weighted by molar-refractivity contribution is -0.385. The van der Waals surface area contributed by atoms with Gasteiger partial charge >= 0.3 is 6.18 Å². The first kappa shape index (κ1) is 23.4. The lowest BCUT2D eigenvalue weighted by Crippen LogP contribution is -2.36. The van der Waals surface area contributed by atoms with Gasteiger partial charge in [-0.2, -0.15) is 13.2 Å². The molecule has 0 fully saturated rings. The molecule has 0 aliphatic heterocycles. The zero-order chi connectivity index (χ0) is 22.5. The summed E-state index contributed by atoms with van der Waals surface area (Å²) in [6.45, 7) is -1.22. The van der Waals surface area contributed by atoms with Gasteiger partial charge in [-0.3, -0.25) is 14.9 Å². The maximum Gasteiger partial charge on any atom is 0.416 e. The molecule has 0 aromatic heterocycles. The Bertz CT molecular complexity index is 933. The van der Waals surface area contributed by atoms with Crippen LogP contribution in [-0.4, -0.2) is 52.2 Å². The van der Waals surface area contributed by atoms with Crippen molar-refractivity contribution in [3.8, 4) is 11.5 Å². The molecule has 0 aliphatic rings. The van der Waals surface area contributed by atoms with Crippen LogP contribution in [0.5, 0.6) is 11.5 Å². The highest BCUT2D eigenvalue weighted by atomic mass is 35.5. The van der Waals surface area contributed by atoms with E-state index in [0.717, 1.165) is 35.2 Å².